The Morgan fingerprint density at radius 2 is 1.82 bits per heavy atom. The van der Waals surface area contributed by atoms with E-state index in [1.165, 1.54) is 4.90 Å². The Hall–Kier alpha value is -3.94. The molecule has 3 saturated carbocycles. The molecule has 1 aromatic carbocycles. The van der Waals surface area contributed by atoms with Crippen LogP contribution < -0.4 is 9.46 Å². The molecule has 55 heavy (non-hydrogen) atoms. The van der Waals surface area contributed by atoms with Crippen molar-refractivity contribution in [3.63, 3.8) is 0 Å². The molecule has 11 nitrogen and oxygen atoms in total. The number of benzene rings is 1. The minimum Gasteiger partial charge on any atom is -0.483 e. The van der Waals surface area contributed by atoms with Crippen molar-refractivity contribution in [1.82, 2.24) is 14.6 Å². The van der Waals surface area contributed by atoms with Gasteiger partial charge in [-0.15, -0.1) is 0 Å². The van der Waals surface area contributed by atoms with Crippen molar-refractivity contribution in [3.05, 3.63) is 47.2 Å². The molecule has 4 fully saturated rings. The number of allylic oxidation sites excluding steroid dienone is 2. The Labute approximate surface area is 320 Å². The van der Waals surface area contributed by atoms with Crippen LogP contribution in [0.1, 0.15) is 108 Å². The predicted molar refractivity (Wildman–Crippen MR) is 197 cm³/mol. The van der Waals surface area contributed by atoms with Gasteiger partial charge in [-0.05, 0) is 96.0 Å². The lowest BCUT2D eigenvalue weighted by atomic mass is 9.85. The molecule has 4 heterocycles. The summed E-state index contributed by atoms with van der Waals surface area (Å²) in [4.78, 5) is 62.5. The quantitative estimate of drug-likeness (QED) is 0.267. The SMILES string of the molecule is Cc1nc2cc(F)c(F)cc2c2c1O[C@]1(CC2)C[C@H]2C(=O)C[C@]3(C(=O)NS(=O)(=O)C4(C)CC4)C[C@H]3/C=C\CCCCC[C@H](CC(=O)OCC3CC3)C(=O)N2C1. The van der Waals surface area contributed by atoms with E-state index in [0.29, 0.717) is 85.4 Å². The standard InChI is InChI=1S/C41H49F2N3O8S/c1-24-36-28(29-17-30(42)31(43)18-32(29)44-24)12-13-40(54-36)20-33-34(47)21-41(38(50)45-55(51,52)39(2)14-15-39)19-27(41)9-7-5-3-4-6-8-26(37(49)46(33)23-40)16-35(48)53-22-25-10-11-25/h7,9,17-18,25-27,33H,3-6,8,10-16,19-23H2,1-2H3,(H,45,50)/b9-7-/t26-,27-,33+,40-,41-/m1/s1. The fraction of sp³-hybridized carbons (Fsp3) is 0.634. The van der Waals surface area contributed by atoms with E-state index in [0.717, 1.165) is 44.2 Å². The lowest BCUT2D eigenvalue weighted by Crippen LogP contribution is -2.48. The Morgan fingerprint density at radius 3 is 2.56 bits per heavy atom. The summed E-state index contributed by atoms with van der Waals surface area (Å²) < 4.78 is 68.6. The largest absolute Gasteiger partial charge is 0.483 e. The van der Waals surface area contributed by atoms with Gasteiger partial charge in [0.2, 0.25) is 21.8 Å². The van der Waals surface area contributed by atoms with E-state index in [1.54, 1.807) is 13.8 Å². The molecule has 14 heteroatoms. The number of hydrogen-bond acceptors (Lipinski definition) is 9. The molecule has 2 aromatic rings. The van der Waals surface area contributed by atoms with Gasteiger partial charge in [-0.2, -0.15) is 0 Å². The van der Waals surface area contributed by atoms with E-state index >= 15 is 0 Å². The van der Waals surface area contributed by atoms with Crippen LogP contribution in [-0.2, 0) is 40.4 Å². The molecule has 3 aliphatic heterocycles. The van der Waals surface area contributed by atoms with Crippen LogP contribution in [-0.4, -0.2) is 71.4 Å². The highest BCUT2D eigenvalue weighted by molar-refractivity contribution is 7.91. The number of sulfonamides is 1. The number of Topliss-reactive ketones (excluding diaryl/α,β-unsaturated/α-hetero) is 1. The second-order valence-electron chi connectivity index (χ2n) is 17.3. The van der Waals surface area contributed by atoms with E-state index in [1.807, 2.05) is 12.2 Å². The lowest BCUT2D eigenvalue weighted by Gasteiger charge is -2.36. The summed E-state index contributed by atoms with van der Waals surface area (Å²) >= 11 is 0. The number of nitrogens with zero attached hydrogens (tertiary/aromatic N) is 2. The minimum absolute atomic E-state index is 0.0276. The molecule has 1 saturated heterocycles. The van der Waals surface area contributed by atoms with Crippen molar-refractivity contribution in [2.75, 3.05) is 13.2 Å². The number of esters is 1. The number of carbonyl (C=O) groups is 4. The zero-order valence-corrected chi connectivity index (χ0v) is 32.3. The molecule has 8 rings (SSSR count). The van der Waals surface area contributed by atoms with Crippen molar-refractivity contribution >= 4 is 44.5 Å². The van der Waals surface area contributed by atoms with Crippen LogP contribution in [0.4, 0.5) is 8.78 Å². The number of pyridine rings is 1. The van der Waals surface area contributed by atoms with E-state index in [4.69, 9.17) is 9.47 Å². The molecule has 1 aromatic heterocycles. The summed E-state index contributed by atoms with van der Waals surface area (Å²) in [6, 6.07) is 1.16. The first-order chi connectivity index (χ1) is 26.1. The van der Waals surface area contributed by atoms with Crippen LogP contribution in [0.5, 0.6) is 5.75 Å². The third-order valence-electron chi connectivity index (χ3n) is 13.1. The van der Waals surface area contributed by atoms with Crippen LogP contribution in [0, 0.1) is 41.7 Å². The molecular weight excluding hydrogens is 733 g/mol. The molecule has 0 unspecified atom stereocenters. The highest BCUT2D eigenvalue weighted by Gasteiger charge is 2.63. The fourth-order valence-corrected chi connectivity index (χ4v) is 10.2. The van der Waals surface area contributed by atoms with Crippen LogP contribution in [0.2, 0.25) is 0 Å². The fourth-order valence-electron chi connectivity index (χ4n) is 8.91. The van der Waals surface area contributed by atoms with Gasteiger partial charge in [-0.3, -0.25) is 23.9 Å². The number of carbonyl (C=O) groups excluding carboxylic acids is 4. The molecule has 0 bridgehead atoms. The average molecular weight is 782 g/mol. The highest BCUT2D eigenvalue weighted by Crippen LogP contribution is 2.58. The summed E-state index contributed by atoms with van der Waals surface area (Å²) in [5.41, 5.74) is -0.919. The number of fused-ring (bicyclic) bond motifs is 5. The van der Waals surface area contributed by atoms with Crippen LogP contribution >= 0.6 is 0 Å². The van der Waals surface area contributed by atoms with Crippen LogP contribution in [0.25, 0.3) is 10.9 Å². The van der Waals surface area contributed by atoms with Gasteiger partial charge in [0.25, 0.3) is 0 Å². The molecule has 1 spiro atoms. The number of amides is 2. The van der Waals surface area contributed by atoms with Crippen molar-refractivity contribution in [2.45, 2.75) is 127 Å². The maximum Gasteiger partial charge on any atom is 0.306 e. The van der Waals surface area contributed by atoms with Crippen LogP contribution in [0.15, 0.2) is 24.3 Å². The molecular formula is C41H49F2N3O8S. The van der Waals surface area contributed by atoms with E-state index in [2.05, 4.69) is 9.71 Å². The minimum atomic E-state index is -3.97. The van der Waals surface area contributed by atoms with Gasteiger partial charge in [0.1, 0.15) is 11.4 Å². The Balaban J connectivity index is 1.12. The predicted octanol–water partition coefficient (Wildman–Crippen LogP) is 5.93. The Bertz CT molecular complexity index is 2100. The molecule has 5 atom stereocenters. The number of hydrogen-bond donors (Lipinski definition) is 1. The molecule has 296 valence electrons. The van der Waals surface area contributed by atoms with Gasteiger partial charge >= 0.3 is 5.97 Å². The molecule has 6 aliphatic rings. The summed E-state index contributed by atoms with van der Waals surface area (Å²) in [7, 11) is -3.97. The van der Waals surface area contributed by atoms with Gasteiger partial charge in [-0.25, -0.2) is 22.2 Å². The topological polar surface area (TPSA) is 149 Å². The number of nitrogens with one attached hydrogen (secondary N) is 1. The summed E-state index contributed by atoms with van der Waals surface area (Å²) in [6.45, 7) is 3.67. The smallest absolute Gasteiger partial charge is 0.306 e. The summed E-state index contributed by atoms with van der Waals surface area (Å²) in [6.07, 6.45) is 11.0. The Morgan fingerprint density at radius 1 is 1.05 bits per heavy atom. The number of ketones is 1. The lowest BCUT2D eigenvalue weighted by molar-refractivity contribution is -0.151. The highest BCUT2D eigenvalue weighted by atomic mass is 32.2. The number of halogens is 2. The van der Waals surface area contributed by atoms with Gasteiger partial charge in [0.15, 0.2) is 17.4 Å². The first-order valence-electron chi connectivity index (χ1n) is 19.8. The van der Waals surface area contributed by atoms with E-state index in [9.17, 15) is 36.4 Å². The monoisotopic (exact) mass is 781 g/mol. The van der Waals surface area contributed by atoms with E-state index in [-0.39, 0.29) is 43.4 Å². The van der Waals surface area contributed by atoms with E-state index < -0.39 is 61.3 Å². The van der Waals surface area contributed by atoms with Gasteiger partial charge in [0.05, 0.1) is 47.0 Å². The summed E-state index contributed by atoms with van der Waals surface area (Å²) in [5, 5.41) is 0.426. The molecule has 0 radical (unpaired) electrons. The van der Waals surface area contributed by atoms with Gasteiger partial charge in [0, 0.05) is 35.8 Å². The van der Waals surface area contributed by atoms with Crippen molar-refractivity contribution in [1.29, 1.82) is 0 Å². The van der Waals surface area contributed by atoms with Gasteiger partial charge in [-0.1, -0.05) is 25.0 Å². The number of aromatic nitrogens is 1. The van der Waals surface area contributed by atoms with Crippen molar-refractivity contribution in [2.24, 2.45) is 23.2 Å². The number of ether oxygens (including phenoxy) is 2. The Kier molecular flexibility index (Phi) is 9.60. The number of aryl methyl sites for hydroxylation is 2. The first-order valence-corrected chi connectivity index (χ1v) is 21.3. The van der Waals surface area contributed by atoms with Crippen LogP contribution in [0.3, 0.4) is 0 Å². The number of rotatable bonds is 7. The second-order valence-corrected chi connectivity index (χ2v) is 19.5. The molecule has 3 aliphatic carbocycles. The van der Waals surface area contributed by atoms with Crippen molar-refractivity contribution in [3.8, 4) is 5.75 Å². The average Bonchev–Trinajstić information content (AvgIpc) is 4.08. The molecule has 2 amide bonds. The second kappa shape index (κ2) is 13.9. The van der Waals surface area contributed by atoms with Crippen molar-refractivity contribution < 1.29 is 45.9 Å². The third kappa shape index (κ3) is 7.28. The third-order valence-corrected chi connectivity index (χ3v) is 15.3. The normalized spacial score (nSPS) is 31.0. The zero-order valence-electron chi connectivity index (χ0n) is 31.5. The maximum absolute atomic E-state index is 14.7. The summed E-state index contributed by atoms with van der Waals surface area (Å²) in [5.74, 6) is -4.23. The maximum atomic E-state index is 14.7. The molecule has 1 N–H and O–H groups in total. The zero-order chi connectivity index (χ0) is 38.9. The van der Waals surface area contributed by atoms with Gasteiger partial charge < -0.3 is 14.4 Å². The first kappa shape index (κ1) is 38.0.